The predicted molar refractivity (Wildman–Crippen MR) is 120 cm³/mol. The minimum atomic E-state index is 0.408. The van der Waals surface area contributed by atoms with Crippen LogP contribution in [0.15, 0.2) is 72.8 Å². The Kier molecular flexibility index (Phi) is 7.71. The highest BCUT2D eigenvalue weighted by Crippen LogP contribution is 2.32. The summed E-state index contributed by atoms with van der Waals surface area (Å²) >= 11 is 0. The Morgan fingerprint density at radius 2 is 1.59 bits per heavy atom. The summed E-state index contributed by atoms with van der Waals surface area (Å²) in [4.78, 5) is 0. The molecule has 0 aliphatic carbocycles. The molecule has 1 atom stereocenters. The maximum Gasteiger partial charge on any atom is 0.166 e. The van der Waals surface area contributed by atoms with Crippen molar-refractivity contribution in [1.82, 2.24) is 5.32 Å². The van der Waals surface area contributed by atoms with Gasteiger partial charge in [-0.3, -0.25) is 0 Å². The van der Waals surface area contributed by atoms with Crippen molar-refractivity contribution in [3.05, 3.63) is 95.1 Å². The summed E-state index contributed by atoms with van der Waals surface area (Å²) in [7, 11) is 1.69. The van der Waals surface area contributed by atoms with Crippen molar-refractivity contribution in [2.24, 2.45) is 0 Å². The van der Waals surface area contributed by atoms with Gasteiger partial charge in [0.15, 0.2) is 11.5 Å². The fourth-order valence-electron chi connectivity index (χ4n) is 3.36. The maximum atomic E-state index is 6.22. The Morgan fingerprint density at radius 3 is 2.34 bits per heavy atom. The fourth-order valence-corrected chi connectivity index (χ4v) is 3.36. The number of para-hydroxylation sites is 1. The van der Waals surface area contributed by atoms with Crippen molar-refractivity contribution in [1.29, 1.82) is 0 Å². The largest absolute Gasteiger partial charge is 0.493 e. The zero-order valence-electron chi connectivity index (χ0n) is 17.7. The number of hydrogen-bond donors (Lipinski definition) is 1. The second-order valence-corrected chi connectivity index (χ2v) is 7.47. The molecule has 0 bridgehead atoms. The van der Waals surface area contributed by atoms with Crippen LogP contribution in [-0.2, 0) is 19.6 Å². The monoisotopic (exact) mass is 389 g/mol. The Labute approximate surface area is 174 Å². The summed E-state index contributed by atoms with van der Waals surface area (Å²) in [6.45, 7) is 5.62. The van der Waals surface area contributed by atoms with Crippen LogP contribution < -0.4 is 14.8 Å². The van der Waals surface area contributed by atoms with Crippen molar-refractivity contribution >= 4 is 0 Å². The number of nitrogens with one attached hydrogen (secondary N) is 1. The average molecular weight is 390 g/mol. The Balaban J connectivity index is 1.61. The van der Waals surface area contributed by atoms with Crippen LogP contribution in [0.25, 0.3) is 0 Å². The quantitative estimate of drug-likeness (QED) is 0.483. The van der Waals surface area contributed by atoms with Crippen LogP contribution >= 0.6 is 0 Å². The van der Waals surface area contributed by atoms with Crippen LogP contribution in [0.2, 0.25) is 0 Å². The molecule has 0 saturated carbocycles. The molecular weight excluding hydrogens is 358 g/mol. The maximum absolute atomic E-state index is 6.22. The van der Waals surface area contributed by atoms with E-state index in [0.29, 0.717) is 12.6 Å². The van der Waals surface area contributed by atoms with E-state index >= 15 is 0 Å². The lowest BCUT2D eigenvalue weighted by Crippen LogP contribution is -2.26. The third kappa shape index (κ3) is 6.10. The van der Waals surface area contributed by atoms with Gasteiger partial charge < -0.3 is 14.8 Å². The van der Waals surface area contributed by atoms with Gasteiger partial charge in [-0.1, -0.05) is 66.7 Å². The van der Waals surface area contributed by atoms with Crippen LogP contribution in [0.1, 0.15) is 35.6 Å². The molecule has 0 unspecified atom stereocenters. The van der Waals surface area contributed by atoms with E-state index in [2.05, 4.69) is 67.7 Å². The second-order valence-electron chi connectivity index (χ2n) is 7.47. The van der Waals surface area contributed by atoms with Gasteiger partial charge in [0.2, 0.25) is 0 Å². The Bertz CT molecular complexity index is 892. The van der Waals surface area contributed by atoms with Gasteiger partial charge >= 0.3 is 0 Å². The van der Waals surface area contributed by atoms with Crippen molar-refractivity contribution in [3.8, 4) is 11.5 Å². The van der Waals surface area contributed by atoms with Crippen LogP contribution in [-0.4, -0.2) is 13.2 Å². The SMILES string of the molecule is COc1cccc(CN[C@H](C)CCc2ccccc2)c1OCc1ccccc1C. The highest BCUT2D eigenvalue weighted by molar-refractivity contribution is 5.47. The van der Waals surface area contributed by atoms with Gasteiger partial charge in [0.1, 0.15) is 6.61 Å². The first-order valence-electron chi connectivity index (χ1n) is 10.3. The van der Waals surface area contributed by atoms with E-state index in [1.54, 1.807) is 7.11 Å². The topological polar surface area (TPSA) is 30.5 Å². The first kappa shape index (κ1) is 20.9. The van der Waals surface area contributed by atoms with Crippen LogP contribution in [0.5, 0.6) is 11.5 Å². The first-order chi connectivity index (χ1) is 14.2. The molecule has 152 valence electrons. The lowest BCUT2D eigenvalue weighted by Gasteiger charge is -2.18. The second kappa shape index (κ2) is 10.7. The minimum absolute atomic E-state index is 0.408. The van der Waals surface area contributed by atoms with Crippen LogP contribution in [0.3, 0.4) is 0 Å². The standard InChI is InChI=1S/C26H31NO2/c1-20-10-7-8-13-24(20)19-29-26-23(14-9-15-25(26)28-3)18-27-21(2)16-17-22-11-5-4-6-12-22/h4-15,21,27H,16-19H2,1-3H3/t21-/m1/s1. The highest BCUT2D eigenvalue weighted by atomic mass is 16.5. The molecule has 3 aromatic carbocycles. The smallest absolute Gasteiger partial charge is 0.166 e. The van der Waals surface area contributed by atoms with Crippen molar-refractivity contribution in [2.45, 2.75) is 45.9 Å². The number of benzene rings is 3. The van der Waals surface area contributed by atoms with Gasteiger partial charge in [0.25, 0.3) is 0 Å². The molecule has 3 aromatic rings. The van der Waals surface area contributed by atoms with E-state index in [4.69, 9.17) is 9.47 Å². The third-order valence-corrected chi connectivity index (χ3v) is 5.26. The van der Waals surface area contributed by atoms with Crippen molar-refractivity contribution in [2.75, 3.05) is 7.11 Å². The summed E-state index contributed by atoms with van der Waals surface area (Å²) in [6, 6.07) is 25.4. The molecule has 0 heterocycles. The van der Waals surface area contributed by atoms with Gasteiger partial charge in [0.05, 0.1) is 7.11 Å². The highest BCUT2D eigenvalue weighted by Gasteiger charge is 2.12. The molecule has 3 nitrogen and oxygen atoms in total. The van der Waals surface area contributed by atoms with E-state index in [9.17, 15) is 0 Å². The molecule has 0 aliphatic heterocycles. The third-order valence-electron chi connectivity index (χ3n) is 5.26. The van der Waals surface area contributed by atoms with Crippen LogP contribution in [0, 0.1) is 6.92 Å². The van der Waals surface area contributed by atoms with E-state index in [1.165, 1.54) is 16.7 Å². The average Bonchev–Trinajstić information content (AvgIpc) is 2.76. The molecule has 0 aromatic heterocycles. The van der Waals surface area contributed by atoms with E-state index < -0.39 is 0 Å². The Hall–Kier alpha value is -2.78. The van der Waals surface area contributed by atoms with Gasteiger partial charge in [-0.05, 0) is 49.4 Å². The number of ether oxygens (including phenoxy) is 2. The van der Waals surface area contributed by atoms with Gasteiger partial charge in [-0.25, -0.2) is 0 Å². The lowest BCUT2D eigenvalue weighted by molar-refractivity contribution is 0.279. The van der Waals surface area contributed by atoms with E-state index in [1.807, 2.05) is 24.3 Å². The normalized spacial score (nSPS) is 11.8. The minimum Gasteiger partial charge on any atom is -0.493 e. The number of rotatable bonds is 10. The molecule has 3 rings (SSSR count). The predicted octanol–water partition coefficient (Wildman–Crippen LogP) is 5.69. The molecule has 0 amide bonds. The van der Waals surface area contributed by atoms with Gasteiger partial charge in [-0.2, -0.15) is 0 Å². The molecule has 0 saturated heterocycles. The van der Waals surface area contributed by atoms with E-state index in [-0.39, 0.29) is 0 Å². The molecule has 0 fully saturated rings. The number of aryl methyl sites for hydroxylation is 2. The summed E-state index contributed by atoms with van der Waals surface area (Å²) in [5.74, 6) is 1.59. The van der Waals surface area contributed by atoms with Crippen LogP contribution in [0.4, 0.5) is 0 Å². The molecule has 3 heteroatoms. The molecule has 29 heavy (non-hydrogen) atoms. The zero-order valence-corrected chi connectivity index (χ0v) is 17.7. The lowest BCUT2D eigenvalue weighted by atomic mass is 10.1. The summed E-state index contributed by atoms with van der Waals surface area (Å²) in [5, 5.41) is 3.63. The molecule has 1 N–H and O–H groups in total. The number of methoxy groups -OCH3 is 1. The van der Waals surface area contributed by atoms with Gasteiger partial charge in [0, 0.05) is 18.2 Å². The molecular formula is C26H31NO2. The zero-order chi connectivity index (χ0) is 20.5. The summed E-state index contributed by atoms with van der Waals surface area (Å²) < 4.78 is 11.8. The fraction of sp³-hybridized carbons (Fsp3) is 0.308. The van der Waals surface area contributed by atoms with Gasteiger partial charge in [-0.15, -0.1) is 0 Å². The summed E-state index contributed by atoms with van der Waals surface area (Å²) in [6.07, 6.45) is 2.16. The van der Waals surface area contributed by atoms with Crippen molar-refractivity contribution < 1.29 is 9.47 Å². The van der Waals surface area contributed by atoms with Crippen molar-refractivity contribution in [3.63, 3.8) is 0 Å². The number of hydrogen-bond acceptors (Lipinski definition) is 3. The molecule has 0 spiro atoms. The Morgan fingerprint density at radius 1 is 0.862 bits per heavy atom. The summed E-state index contributed by atoms with van der Waals surface area (Å²) in [5.41, 5.74) is 4.92. The first-order valence-corrected chi connectivity index (χ1v) is 10.3. The molecule has 0 radical (unpaired) electrons. The van der Waals surface area contributed by atoms with E-state index in [0.717, 1.165) is 36.4 Å². The molecule has 0 aliphatic rings.